The van der Waals surface area contributed by atoms with Crippen LogP contribution in [0.1, 0.15) is 23.8 Å². The van der Waals surface area contributed by atoms with Crippen molar-refractivity contribution in [2.45, 2.75) is 31.9 Å². The van der Waals surface area contributed by atoms with Gasteiger partial charge in [0.2, 0.25) is 5.91 Å². The fourth-order valence-electron chi connectivity index (χ4n) is 4.11. The maximum Gasteiger partial charge on any atom is 0.352 e. The minimum atomic E-state index is -1.05. The first-order valence-corrected chi connectivity index (χ1v) is 7.95. The Kier molecular flexibility index (Phi) is 2.59. The summed E-state index contributed by atoms with van der Waals surface area (Å²) in [5.74, 6) is -1.74. The molecule has 1 amide bonds. The fraction of sp³-hybridized carbons (Fsp3) is 0.467. The second-order valence-corrected chi connectivity index (χ2v) is 6.94. The summed E-state index contributed by atoms with van der Waals surface area (Å²) in [4.78, 5) is 26.6. The molecular formula is C15H15NO4S. The van der Waals surface area contributed by atoms with Gasteiger partial charge < -0.3 is 15.1 Å². The third-order valence-electron chi connectivity index (χ3n) is 4.91. The van der Waals surface area contributed by atoms with Gasteiger partial charge in [-0.3, -0.25) is 4.79 Å². The van der Waals surface area contributed by atoms with Crippen LogP contribution in [0.5, 0.6) is 0 Å². The van der Waals surface area contributed by atoms with Crippen LogP contribution in [0.2, 0.25) is 0 Å². The third kappa shape index (κ3) is 1.49. The van der Waals surface area contributed by atoms with Crippen molar-refractivity contribution in [2.75, 3.05) is 0 Å². The van der Waals surface area contributed by atoms with E-state index < -0.39 is 18.0 Å². The second-order valence-electron chi connectivity index (χ2n) is 5.94. The Labute approximate surface area is 125 Å². The lowest BCUT2D eigenvalue weighted by atomic mass is 9.72. The highest BCUT2D eigenvalue weighted by atomic mass is 32.1. The molecule has 0 saturated carbocycles. The first-order chi connectivity index (χ1) is 10.0. The number of hydrogen-bond donors (Lipinski definition) is 2. The molecular weight excluding hydrogens is 290 g/mol. The van der Waals surface area contributed by atoms with Gasteiger partial charge in [-0.1, -0.05) is 0 Å². The van der Waals surface area contributed by atoms with Gasteiger partial charge in [-0.05, 0) is 42.3 Å². The minimum Gasteiger partial charge on any atom is -0.477 e. The summed E-state index contributed by atoms with van der Waals surface area (Å²) in [6, 6.07) is 1.77. The van der Waals surface area contributed by atoms with Gasteiger partial charge in [0.05, 0.1) is 18.1 Å². The minimum absolute atomic E-state index is 0.0375. The number of aliphatic carboxylic acids is 1. The standard InChI is InChI=1S/C15H15NO4S/c1-6(17)10-12-8-2-3-9-7(4-5-21-9)11(8)13(15(19)20)16(12)14(10)18/h4-6,8,10,12,17H,2-3H2,1H3,(H,19,20)/t6-,8+,10-,12-/m1/s1. The Morgan fingerprint density at radius 2 is 2.29 bits per heavy atom. The number of carbonyl (C=O) groups is 2. The maximum absolute atomic E-state index is 12.3. The van der Waals surface area contributed by atoms with Gasteiger partial charge in [-0.2, -0.15) is 0 Å². The average molecular weight is 305 g/mol. The molecule has 0 aromatic carbocycles. The van der Waals surface area contributed by atoms with Crippen molar-refractivity contribution in [3.63, 3.8) is 0 Å². The van der Waals surface area contributed by atoms with Gasteiger partial charge in [-0.25, -0.2) is 4.79 Å². The highest BCUT2D eigenvalue weighted by molar-refractivity contribution is 7.10. The normalized spacial score (nSPS) is 31.4. The fourth-order valence-corrected chi connectivity index (χ4v) is 5.02. The summed E-state index contributed by atoms with van der Waals surface area (Å²) in [6.45, 7) is 1.61. The monoisotopic (exact) mass is 305 g/mol. The number of thiophene rings is 1. The number of carboxylic acids is 1. The highest BCUT2D eigenvalue weighted by Crippen LogP contribution is 2.55. The number of β-lactam (4-membered cyclic amide) rings is 1. The van der Waals surface area contributed by atoms with Gasteiger partial charge in [0.1, 0.15) is 5.70 Å². The smallest absolute Gasteiger partial charge is 0.352 e. The lowest BCUT2D eigenvalue weighted by Gasteiger charge is -2.47. The van der Waals surface area contributed by atoms with Crippen LogP contribution in [0, 0.1) is 11.8 Å². The largest absolute Gasteiger partial charge is 0.477 e. The van der Waals surface area contributed by atoms with E-state index >= 15 is 0 Å². The number of amides is 1. The molecule has 3 aliphatic rings. The number of hydrogen-bond acceptors (Lipinski definition) is 4. The molecule has 4 atom stereocenters. The molecule has 1 saturated heterocycles. The molecule has 1 aliphatic carbocycles. The topological polar surface area (TPSA) is 77.8 Å². The van der Waals surface area contributed by atoms with Crippen LogP contribution in [-0.2, 0) is 16.0 Å². The van der Waals surface area contributed by atoms with Crippen LogP contribution in [-0.4, -0.2) is 39.1 Å². The molecule has 0 unspecified atom stereocenters. The molecule has 110 valence electrons. The zero-order chi connectivity index (χ0) is 14.9. The second kappa shape index (κ2) is 4.18. The summed E-state index contributed by atoms with van der Waals surface area (Å²) in [5.41, 5.74) is 1.91. The molecule has 0 radical (unpaired) electrons. The van der Waals surface area contributed by atoms with Crippen LogP contribution < -0.4 is 0 Å². The van der Waals surface area contributed by atoms with E-state index in [0.29, 0.717) is 0 Å². The summed E-state index contributed by atoms with van der Waals surface area (Å²) in [6.07, 6.45) is 1.02. The van der Waals surface area contributed by atoms with Crippen LogP contribution >= 0.6 is 11.3 Å². The van der Waals surface area contributed by atoms with E-state index in [0.717, 1.165) is 24.0 Å². The predicted molar refractivity (Wildman–Crippen MR) is 76.5 cm³/mol. The van der Waals surface area contributed by atoms with Crippen molar-refractivity contribution in [3.8, 4) is 0 Å². The molecule has 5 nitrogen and oxygen atoms in total. The van der Waals surface area contributed by atoms with E-state index in [-0.39, 0.29) is 23.6 Å². The molecule has 1 aromatic rings. The Hall–Kier alpha value is -1.66. The molecule has 6 heteroatoms. The van der Waals surface area contributed by atoms with E-state index in [1.54, 1.807) is 18.3 Å². The number of fused-ring (bicyclic) bond motifs is 5. The first-order valence-electron chi connectivity index (χ1n) is 7.07. The number of carbonyl (C=O) groups excluding carboxylic acids is 1. The number of aryl methyl sites for hydroxylation is 1. The van der Waals surface area contributed by atoms with Crippen LogP contribution in [0.3, 0.4) is 0 Å². The predicted octanol–water partition coefficient (Wildman–Crippen LogP) is 1.33. The number of nitrogens with zero attached hydrogens (tertiary/aromatic N) is 1. The molecule has 4 rings (SSSR count). The molecule has 1 fully saturated rings. The van der Waals surface area contributed by atoms with Gasteiger partial charge in [0.25, 0.3) is 0 Å². The number of carboxylic acid groups (broad SMARTS) is 1. The van der Waals surface area contributed by atoms with Crippen molar-refractivity contribution in [2.24, 2.45) is 11.8 Å². The number of aliphatic hydroxyl groups excluding tert-OH is 1. The van der Waals surface area contributed by atoms with Gasteiger partial charge in [0.15, 0.2) is 0 Å². The molecule has 2 aliphatic heterocycles. The Bertz CT molecular complexity index is 690. The lowest BCUT2D eigenvalue weighted by Crippen LogP contribution is -2.64. The molecule has 0 spiro atoms. The molecule has 21 heavy (non-hydrogen) atoms. The van der Waals surface area contributed by atoms with E-state index in [1.165, 1.54) is 9.78 Å². The molecule has 2 N–H and O–H groups in total. The van der Waals surface area contributed by atoms with Crippen molar-refractivity contribution in [3.05, 3.63) is 27.6 Å². The summed E-state index contributed by atoms with van der Waals surface area (Å²) in [5, 5.41) is 21.4. The Morgan fingerprint density at radius 1 is 1.52 bits per heavy atom. The molecule has 0 bridgehead atoms. The van der Waals surface area contributed by atoms with Crippen LogP contribution in [0.4, 0.5) is 0 Å². The highest BCUT2D eigenvalue weighted by Gasteiger charge is 2.61. The Balaban J connectivity index is 1.88. The van der Waals surface area contributed by atoms with Crippen molar-refractivity contribution in [1.82, 2.24) is 4.90 Å². The molecule has 1 aromatic heterocycles. The number of aliphatic hydroxyl groups is 1. The molecule has 3 heterocycles. The summed E-state index contributed by atoms with van der Waals surface area (Å²) in [7, 11) is 0. The maximum atomic E-state index is 12.3. The van der Waals surface area contributed by atoms with Crippen LogP contribution in [0.25, 0.3) is 5.57 Å². The van der Waals surface area contributed by atoms with Crippen molar-refractivity contribution < 1.29 is 19.8 Å². The van der Waals surface area contributed by atoms with Gasteiger partial charge in [-0.15, -0.1) is 11.3 Å². The van der Waals surface area contributed by atoms with E-state index in [9.17, 15) is 19.8 Å². The first kappa shape index (κ1) is 13.0. The SMILES string of the molecule is C[C@@H](O)[C@H]1C(=O)N2C(C(=O)O)=C3c4ccsc4CC[C@@H]3[C@H]12. The zero-order valence-corrected chi connectivity index (χ0v) is 12.3. The van der Waals surface area contributed by atoms with E-state index in [1.807, 2.05) is 11.4 Å². The van der Waals surface area contributed by atoms with Gasteiger partial charge in [0, 0.05) is 10.8 Å². The van der Waals surface area contributed by atoms with E-state index in [4.69, 9.17) is 0 Å². The van der Waals surface area contributed by atoms with Crippen molar-refractivity contribution >= 4 is 28.8 Å². The Morgan fingerprint density at radius 3 is 2.95 bits per heavy atom. The van der Waals surface area contributed by atoms with Gasteiger partial charge >= 0.3 is 5.97 Å². The zero-order valence-electron chi connectivity index (χ0n) is 11.4. The van der Waals surface area contributed by atoms with Crippen molar-refractivity contribution in [1.29, 1.82) is 0 Å². The summed E-state index contributed by atoms with van der Waals surface area (Å²) >= 11 is 1.64. The summed E-state index contributed by atoms with van der Waals surface area (Å²) < 4.78 is 0. The van der Waals surface area contributed by atoms with Crippen LogP contribution in [0.15, 0.2) is 17.1 Å². The average Bonchev–Trinajstić information content (AvgIpc) is 2.97. The van der Waals surface area contributed by atoms with E-state index in [2.05, 4.69) is 0 Å². The lowest BCUT2D eigenvalue weighted by molar-refractivity contribution is -0.163. The third-order valence-corrected chi connectivity index (χ3v) is 5.89. The quantitative estimate of drug-likeness (QED) is 0.808. The number of rotatable bonds is 2.